The number of thioether (sulfide) groups is 1. The Morgan fingerprint density at radius 1 is 1.64 bits per heavy atom. The summed E-state index contributed by atoms with van der Waals surface area (Å²) in [4.78, 5) is 4.26. The summed E-state index contributed by atoms with van der Waals surface area (Å²) in [6, 6.07) is 0. The Balaban J connectivity index is 1.90. The summed E-state index contributed by atoms with van der Waals surface area (Å²) in [5.74, 6) is 1.12. The van der Waals surface area contributed by atoms with E-state index in [9.17, 15) is 0 Å². The number of nitrogens with one attached hydrogen (secondary N) is 1. The van der Waals surface area contributed by atoms with Crippen LogP contribution in [0.2, 0.25) is 0 Å². The van der Waals surface area contributed by atoms with Crippen molar-refractivity contribution in [3.8, 4) is 0 Å². The number of hydrogen-bond donors (Lipinski definition) is 1. The second-order valence-electron chi connectivity index (χ2n) is 2.76. The molecule has 1 N–H and O–H groups in total. The molecular weight excluding hydrogens is 156 g/mol. The van der Waals surface area contributed by atoms with E-state index in [1.807, 2.05) is 5.55 Å². The van der Waals surface area contributed by atoms with Crippen LogP contribution in [0.1, 0.15) is 26.2 Å². The first kappa shape index (κ1) is 9.07. The summed E-state index contributed by atoms with van der Waals surface area (Å²) in [6.45, 7) is 3.35. The first-order valence-electron chi connectivity index (χ1n) is 4.30. The number of nitrogens with zero attached hydrogens (tertiary/aromatic N) is 1. The van der Waals surface area contributed by atoms with Gasteiger partial charge in [0.25, 0.3) is 0 Å². The summed E-state index contributed by atoms with van der Waals surface area (Å²) in [5, 5.41) is 3.40. The molecule has 1 heterocycles. The van der Waals surface area contributed by atoms with Gasteiger partial charge in [-0.15, -0.1) is 11.8 Å². The summed E-state index contributed by atoms with van der Waals surface area (Å²) in [5.41, 5.74) is 1.94. The van der Waals surface area contributed by atoms with E-state index < -0.39 is 0 Å². The van der Waals surface area contributed by atoms with Crippen LogP contribution in [0.4, 0.5) is 0 Å². The van der Waals surface area contributed by atoms with Gasteiger partial charge in [0.05, 0.1) is 5.55 Å². The Hall–Kier alpha value is -0.0200. The summed E-state index contributed by atoms with van der Waals surface area (Å²) in [7, 11) is 0. The van der Waals surface area contributed by atoms with Crippen LogP contribution >= 0.6 is 11.8 Å². The van der Waals surface area contributed by atoms with E-state index in [1.54, 1.807) is 11.8 Å². The second-order valence-corrected chi connectivity index (χ2v) is 3.64. The predicted molar refractivity (Wildman–Crippen MR) is 52.3 cm³/mol. The molecule has 0 bridgehead atoms. The molecule has 1 unspecified atom stereocenters. The van der Waals surface area contributed by atoms with E-state index in [0.717, 1.165) is 12.3 Å². The van der Waals surface area contributed by atoms with Crippen LogP contribution in [0.5, 0.6) is 0 Å². The van der Waals surface area contributed by atoms with Crippen molar-refractivity contribution in [1.82, 2.24) is 5.32 Å². The van der Waals surface area contributed by atoms with Gasteiger partial charge in [-0.25, -0.2) is 0 Å². The van der Waals surface area contributed by atoms with Crippen LogP contribution in [0.15, 0.2) is 4.99 Å². The molecule has 3 heteroatoms. The molecule has 1 aliphatic heterocycles. The minimum atomic E-state index is 0.400. The van der Waals surface area contributed by atoms with Crippen molar-refractivity contribution in [2.24, 2.45) is 4.99 Å². The smallest absolute Gasteiger partial charge is 0.110 e. The normalized spacial score (nSPS) is 22.8. The van der Waals surface area contributed by atoms with Crippen LogP contribution in [-0.2, 0) is 0 Å². The molecule has 2 nitrogen and oxygen atoms in total. The van der Waals surface area contributed by atoms with Crippen molar-refractivity contribution in [3.05, 3.63) is 0 Å². The van der Waals surface area contributed by atoms with Crippen molar-refractivity contribution in [2.75, 3.05) is 12.3 Å². The van der Waals surface area contributed by atoms with Gasteiger partial charge in [-0.1, -0.05) is 19.8 Å². The Kier molecular flexibility index (Phi) is 4.62. The molecule has 0 aromatic carbocycles. The average molecular weight is 172 g/mol. The average Bonchev–Trinajstić information content (AvgIpc) is 2.50. The van der Waals surface area contributed by atoms with Crippen LogP contribution in [0.25, 0.3) is 0 Å². The quantitative estimate of drug-likeness (QED) is 0.640. The lowest BCUT2D eigenvalue weighted by Crippen LogP contribution is -2.28. The van der Waals surface area contributed by atoms with Crippen molar-refractivity contribution < 1.29 is 0 Å². The van der Waals surface area contributed by atoms with Gasteiger partial charge in [-0.2, -0.15) is 0 Å². The summed E-state index contributed by atoms with van der Waals surface area (Å²) < 4.78 is 0. The number of hydrogen-bond acceptors (Lipinski definition) is 3. The maximum atomic E-state index is 4.26. The molecule has 1 aliphatic rings. The molecule has 0 aromatic rings. The minimum absolute atomic E-state index is 0.400. The van der Waals surface area contributed by atoms with Gasteiger partial charge in [0.15, 0.2) is 0 Å². The zero-order valence-electron chi connectivity index (χ0n) is 7.05. The SMILES string of the molecule is CCCCCNC1CSC=N1. The fourth-order valence-electron chi connectivity index (χ4n) is 1.05. The molecular formula is C8H16N2S. The molecule has 64 valence electrons. The van der Waals surface area contributed by atoms with Crippen LogP contribution < -0.4 is 5.32 Å². The monoisotopic (exact) mass is 172 g/mol. The van der Waals surface area contributed by atoms with Crippen molar-refractivity contribution in [3.63, 3.8) is 0 Å². The van der Waals surface area contributed by atoms with Crippen LogP contribution in [-0.4, -0.2) is 24.0 Å². The molecule has 0 saturated heterocycles. The Morgan fingerprint density at radius 3 is 3.18 bits per heavy atom. The van der Waals surface area contributed by atoms with Gasteiger partial charge >= 0.3 is 0 Å². The molecule has 0 aliphatic carbocycles. The molecule has 0 radical (unpaired) electrons. The zero-order chi connectivity index (χ0) is 7.94. The molecule has 0 fully saturated rings. The van der Waals surface area contributed by atoms with Gasteiger partial charge in [-0.3, -0.25) is 10.3 Å². The Morgan fingerprint density at radius 2 is 2.55 bits per heavy atom. The second kappa shape index (κ2) is 5.61. The van der Waals surface area contributed by atoms with Gasteiger partial charge in [0.2, 0.25) is 0 Å². The third-order valence-electron chi connectivity index (χ3n) is 1.73. The standard InChI is InChI=1S/C8H16N2S/c1-2-3-4-5-9-8-6-11-7-10-8/h7-9H,2-6H2,1H3. The summed E-state index contributed by atoms with van der Waals surface area (Å²) in [6.07, 6.45) is 4.31. The zero-order valence-corrected chi connectivity index (χ0v) is 7.86. The van der Waals surface area contributed by atoms with E-state index in [1.165, 1.54) is 19.3 Å². The highest BCUT2D eigenvalue weighted by atomic mass is 32.2. The minimum Gasteiger partial charge on any atom is -0.295 e. The molecule has 1 atom stereocenters. The first-order valence-corrected chi connectivity index (χ1v) is 5.35. The van der Waals surface area contributed by atoms with Gasteiger partial charge < -0.3 is 0 Å². The molecule has 1 rings (SSSR count). The van der Waals surface area contributed by atoms with E-state index in [2.05, 4.69) is 17.2 Å². The lowest BCUT2D eigenvalue weighted by molar-refractivity contribution is 0.551. The highest BCUT2D eigenvalue weighted by molar-refractivity contribution is 8.12. The van der Waals surface area contributed by atoms with Crippen molar-refractivity contribution in [1.29, 1.82) is 0 Å². The largest absolute Gasteiger partial charge is 0.295 e. The Bertz CT molecular complexity index is 125. The highest BCUT2D eigenvalue weighted by Gasteiger charge is 2.08. The van der Waals surface area contributed by atoms with Crippen LogP contribution in [0, 0.1) is 0 Å². The van der Waals surface area contributed by atoms with Gasteiger partial charge in [0.1, 0.15) is 6.17 Å². The third kappa shape index (κ3) is 3.77. The van der Waals surface area contributed by atoms with E-state index in [0.29, 0.717) is 6.17 Å². The number of aliphatic imine (C=N–C) groups is 1. The van der Waals surface area contributed by atoms with Crippen molar-refractivity contribution in [2.45, 2.75) is 32.4 Å². The van der Waals surface area contributed by atoms with E-state index >= 15 is 0 Å². The third-order valence-corrected chi connectivity index (χ3v) is 2.51. The van der Waals surface area contributed by atoms with E-state index in [4.69, 9.17) is 0 Å². The molecule has 0 spiro atoms. The lowest BCUT2D eigenvalue weighted by atomic mass is 10.2. The molecule has 0 aromatic heterocycles. The maximum Gasteiger partial charge on any atom is 0.110 e. The van der Waals surface area contributed by atoms with Crippen LogP contribution in [0.3, 0.4) is 0 Å². The number of unbranched alkanes of at least 4 members (excludes halogenated alkanes) is 2. The number of rotatable bonds is 5. The highest BCUT2D eigenvalue weighted by Crippen LogP contribution is 2.08. The van der Waals surface area contributed by atoms with Gasteiger partial charge in [-0.05, 0) is 13.0 Å². The lowest BCUT2D eigenvalue weighted by Gasteiger charge is -2.07. The fourth-order valence-corrected chi connectivity index (χ4v) is 1.75. The van der Waals surface area contributed by atoms with Gasteiger partial charge in [0, 0.05) is 5.75 Å². The van der Waals surface area contributed by atoms with E-state index in [-0.39, 0.29) is 0 Å². The summed E-state index contributed by atoms with van der Waals surface area (Å²) >= 11 is 1.79. The predicted octanol–water partition coefficient (Wildman–Crippen LogP) is 1.87. The molecule has 0 saturated carbocycles. The molecule has 0 amide bonds. The first-order chi connectivity index (χ1) is 5.43. The topological polar surface area (TPSA) is 24.4 Å². The van der Waals surface area contributed by atoms with Crippen molar-refractivity contribution >= 4 is 17.3 Å². The maximum absolute atomic E-state index is 4.26. The fraction of sp³-hybridized carbons (Fsp3) is 0.875. The Labute approximate surface area is 72.9 Å². The molecule has 11 heavy (non-hydrogen) atoms.